The maximum Gasteiger partial charge on any atom is 0.165 e. The predicted octanol–water partition coefficient (Wildman–Crippen LogP) is 6.13. The van der Waals surface area contributed by atoms with Crippen LogP contribution in [0.15, 0.2) is 29.9 Å². The van der Waals surface area contributed by atoms with Gasteiger partial charge in [0.05, 0.1) is 33.3 Å². The van der Waals surface area contributed by atoms with Gasteiger partial charge in [0.1, 0.15) is 10.6 Å². The van der Waals surface area contributed by atoms with Gasteiger partial charge < -0.3 is 10.2 Å². The van der Waals surface area contributed by atoms with Crippen molar-refractivity contribution in [1.29, 1.82) is 0 Å². The summed E-state index contributed by atoms with van der Waals surface area (Å²) >= 11 is 2.98. The fourth-order valence-corrected chi connectivity index (χ4v) is 6.02. The smallest absolute Gasteiger partial charge is 0.165 e. The second-order valence-electron chi connectivity index (χ2n) is 7.60. The summed E-state index contributed by atoms with van der Waals surface area (Å²) in [5.41, 5.74) is 2.85. The molecule has 29 heavy (non-hydrogen) atoms. The molecular formula is C21H20F2N4S2. The summed E-state index contributed by atoms with van der Waals surface area (Å²) in [4.78, 5) is 12.9. The van der Waals surface area contributed by atoms with E-state index in [4.69, 9.17) is 0 Å². The van der Waals surface area contributed by atoms with E-state index in [0.717, 1.165) is 28.9 Å². The van der Waals surface area contributed by atoms with Gasteiger partial charge in [-0.05, 0) is 51.6 Å². The maximum atomic E-state index is 14.7. The van der Waals surface area contributed by atoms with Gasteiger partial charge in [-0.25, -0.2) is 18.7 Å². The van der Waals surface area contributed by atoms with Crippen molar-refractivity contribution < 1.29 is 8.78 Å². The van der Waals surface area contributed by atoms with Crippen molar-refractivity contribution in [1.82, 2.24) is 14.9 Å². The maximum absolute atomic E-state index is 14.7. The molecule has 0 spiro atoms. The van der Waals surface area contributed by atoms with Gasteiger partial charge in [-0.3, -0.25) is 0 Å². The summed E-state index contributed by atoms with van der Waals surface area (Å²) in [7, 11) is 2.15. The normalized spacial score (nSPS) is 20.6. The molecule has 0 aliphatic carbocycles. The van der Waals surface area contributed by atoms with E-state index in [2.05, 4.69) is 34.2 Å². The van der Waals surface area contributed by atoms with E-state index in [-0.39, 0.29) is 11.4 Å². The van der Waals surface area contributed by atoms with Crippen LogP contribution in [0.3, 0.4) is 0 Å². The van der Waals surface area contributed by atoms with Crippen molar-refractivity contribution in [3.05, 3.63) is 46.4 Å². The molecule has 1 fully saturated rings. The lowest BCUT2D eigenvalue weighted by molar-refractivity contribution is 0.176. The first kappa shape index (κ1) is 18.8. The average Bonchev–Trinajstić information content (AvgIpc) is 3.33. The van der Waals surface area contributed by atoms with Gasteiger partial charge in [0, 0.05) is 22.2 Å². The number of hydrogen-bond donors (Lipinski definition) is 1. The Kier molecular flexibility index (Phi) is 4.72. The molecule has 1 aliphatic rings. The van der Waals surface area contributed by atoms with Crippen molar-refractivity contribution in [2.45, 2.75) is 31.7 Å². The number of pyridine rings is 1. The summed E-state index contributed by atoms with van der Waals surface area (Å²) < 4.78 is 30.1. The van der Waals surface area contributed by atoms with E-state index in [0.29, 0.717) is 22.9 Å². The minimum atomic E-state index is -0.492. The Hall–Kier alpha value is -2.16. The van der Waals surface area contributed by atoms with Crippen LogP contribution in [0.5, 0.6) is 0 Å². The number of nitrogens with one attached hydrogen (secondary N) is 1. The van der Waals surface area contributed by atoms with Crippen LogP contribution in [0.2, 0.25) is 0 Å². The fraction of sp³-hybridized carbons (Fsp3) is 0.333. The summed E-state index contributed by atoms with van der Waals surface area (Å²) in [6.07, 6.45) is 3.46. The molecule has 2 atom stereocenters. The number of rotatable bonds is 3. The molecule has 0 amide bonds. The van der Waals surface area contributed by atoms with E-state index in [1.54, 1.807) is 22.9 Å². The number of halogens is 2. The molecular weight excluding hydrogens is 410 g/mol. The lowest BCUT2D eigenvalue weighted by atomic mass is 9.89. The fourth-order valence-electron chi connectivity index (χ4n) is 4.10. The highest BCUT2D eigenvalue weighted by atomic mass is 32.1. The van der Waals surface area contributed by atoms with Crippen molar-refractivity contribution in [3.8, 4) is 0 Å². The van der Waals surface area contributed by atoms with Crippen molar-refractivity contribution in [2.24, 2.45) is 0 Å². The molecule has 0 unspecified atom stereocenters. The highest BCUT2D eigenvalue weighted by molar-refractivity contribution is 7.18. The van der Waals surface area contributed by atoms with Gasteiger partial charge in [0.15, 0.2) is 5.82 Å². The van der Waals surface area contributed by atoms with Gasteiger partial charge in [-0.1, -0.05) is 0 Å². The number of likely N-dealkylation sites (N-methyl/N-ethyl adjacent to an activating group) is 1. The Morgan fingerprint density at radius 2 is 2.03 bits per heavy atom. The van der Waals surface area contributed by atoms with Gasteiger partial charge in [0.2, 0.25) is 0 Å². The molecule has 4 nitrogen and oxygen atoms in total. The number of fused-ring (bicyclic) bond motifs is 2. The zero-order valence-corrected chi connectivity index (χ0v) is 17.7. The molecule has 8 heteroatoms. The van der Waals surface area contributed by atoms with Crippen molar-refractivity contribution in [3.63, 3.8) is 0 Å². The molecule has 0 saturated carbocycles. The standard InChI is InChI=1S/C21H20F2N4S2/c1-11-12(4-3-5-27(11)2)18-6-13-20(15(23)9-24-21(13)29-18)26-16-8-17-19(7-14(16)22)28-10-25-17/h6-12H,3-5H2,1-2H3,(H,24,26)/t11-,12+/m0/s1. The lowest BCUT2D eigenvalue weighted by Gasteiger charge is -2.36. The first-order valence-electron chi connectivity index (χ1n) is 9.59. The van der Waals surface area contributed by atoms with Gasteiger partial charge >= 0.3 is 0 Å². The number of likely N-dealkylation sites (tertiary alicyclic amines) is 1. The van der Waals surface area contributed by atoms with E-state index in [1.807, 2.05) is 6.07 Å². The van der Waals surface area contributed by atoms with Crippen LogP contribution >= 0.6 is 22.7 Å². The molecule has 150 valence electrons. The summed E-state index contributed by atoms with van der Waals surface area (Å²) in [6.45, 7) is 3.33. The molecule has 1 N–H and O–H groups in total. The van der Waals surface area contributed by atoms with Crippen LogP contribution in [0, 0.1) is 11.6 Å². The van der Waals surface area contributed by atoms with Crippen LogP contribution in [0.1, 0.15) is 30.6 Å². The monoisotopic (exact) mass is 430 g/mol. The molecule has 4 heterocycles. The Labute approximate surface area is 175 Å². The minimum Gasteiger partial charge on any atom is -0.350 e. The molecule has 4 aromatic rings. The number of thiophene rings is 1. The number of aromatic nitrogens is 2. The van der Waals surface area contributed by atoms with E-state index >= 15 is 0 Å². The Bertz CT molecular complexity index is 1200. The SMILES string of the molecule is C[C@H]1[C@H](c2cc3c(Nc4cc5ncsc5cc4F)c(F)cnc3s2)CCCN1C. The number of anilines is 2. The number of thiazole rings is 1. The number of nitrogens with zero attached hydrogens (tertiary/aromatic N) is 3. The van der Waals surface area contributed by atoms with E-state index in [9.17, 15) is 8.78 Å². The highest BCUT2D eigenvalue weighted by Gasteiger charge is 2.29. The van der Waals surface area contributed by atoms with E-state index in [1.165, 1.54) is 28.5 Å². The average molecular weight is 431 g/mol. The lowest BCUT2D eigenvalue weighted by Crippen LogP contribution is -2.38. The summed E-state index contributed by atoms with van der Waals surface area (Å²) in [5.74, 6) is -0.524. The van der Waals surface area contributed by atoms with Gasteiger partial charge in [-0.15, -0.1) is 22.7 Å². The molecule has 1 aliphatic heterocycles. The van der Waals surface area contributed by atoms with Crippen molar-refractivity contribution in [2.75, 3.05) is 18.9 Å². The second kappa shape index (κ2) is 7.27. The molecule has 0 bridgehead atoms. The summed E-state index contributed by atoms with van der Waals surface area (Å²) in [6, 6.07) is 5.50. The van der Waals surface area contributed by atoms with Gasteiger partial charge in [-0.2, -0.15) is 0 Å². The number of piperidine rings is 1. The highest BCUT2D eigenvalue weighted by Crippen LogP contribution is 2.41. The van der Waals surface area contributed by atoms with Crippen molar-refractivity contribution >= 4 is 54.5 Å². The van der Waals surface area contributed by atoms with Crippen LogP contribution in [0.25, 0.3) is 20.4 Å². The van der Waals surface area contributed by atoms with Crippen LogP contribution < -0.4 is 5.32 Å². The van der Waals surface area contributed by atoms with E-state index < -0.39 is 11.6 Å². The number of benzene rings is 1. The Morgan fingerprint density at radius 1 is 1.17 bits per heavy atom. The third-order valence-electron chi connectivity index (χ3n) is 5.88. The predicted molar refractivity (Wildman–Crippen MR) is 117 cm³/mol. The topological polar surface area (TPSA) is 41.1 Å². The Balaban J connectivity index is 1.57. The Morgan fingerprint density at radius 3 is 2.90 bits per heavy atom. The zero-order valence-electron chi connectivity index (χ0n) is 16.1. The largest absolute Gasteiger partial charge is 0.350 e. The quantitative estimate of drug-likeness (QED) is 0.425. The minimum absolute atomic E-state index is 0.216. The zero-order chi connectivity index (χ0) is 20.1. The summed E-state index contributed by atoms with van der Waals surface area (Å²) in [5, 5.41) is 3.67. The molecule has 5 rings (SSSR count). The molecule has 1 aromatic carbocycles. The first-order chi connectivity index (χ1) is 14.0. The third kappa shape index (κ3) is 3.29. The van der Waals surface area contributed by atoms with Crippen LogP contribution in [0.4, 0.5) is 20.2 Å². The van der Waals surface area contributed by atoms with Gasteiger partial charge in [0.25, 0.3) is 0 Å². The molecule has 0 radical (unpaired) electrons. The first-order valence-corrected chi connectivity index (χ1v) is 11.3. The van der Waals surface area contributed by atoms with Crippen LogP contribution in [-0.2, 0) is 0 Å². The molecule has 3 aromatic heterocycles. The number of hydrogen-bond acceptors (Lipinski definition) is 6. The molecule has 1 saturated heterocycles. The van der Waals surface area contributed by atoms with Crippen LogP contribution in [-0.4, -0.2) is 34.5 Å². The second-order valence-corrected chi connectivity index (χ2v) is 9.54. The third-order valence-corrected chi connectivity index (χ3v) is 7.85.